The van der Waals surface area contributed by atoms with E-state index in [0.29, 0.717) is 6.04 Å². The van der Waals surface area contributed by atoms with Crippen LogP contribution in [0.1, 0.15) is 6.92 Å². The monoisotopic (exact) mass is 229 g/mol. The van der Waals surface area contributed by atoms with Crippen molar-refractivity contribution in [2.45, 2.75) is 19.0 Å². The SMILES string of the molecule is CC1CN(C)C(=O)C(CO)N1CCN(C)C. The second-order valence-corrected chi connectivity index (χ2v) is 4.81. The number of aliphatic hydroxyl groups is 1. The number of aliphatic hydroxyl groups excluding tert-OH is 1. The van der Waals surface area contributed by atoms with Gasteiger partial charge < -0.3 is 14.9 Å². The lowest BCUT2D eigenvalue weighted by atomic mass is 10.1. The van der Waals surface area contributed by atoms with Gasteiger partial charge in [0.25, 0.3) is 0 Å². The number of nitrogens with zero attached hydrogens (tertiary/aromatic N) is 3. The average Bonchev–Trinajstić information content (AvgIpc) is 2.21. The molecule has 16 heavy (non-hydrogen) atoms. The Bertz CT molecular complexity index is 245. The summed E-state index contributed by atoms with van der Waals surface area (Å²) < 4.78 is 0. The standard InChI is InChI=1S/C11H23N3O2/c1-9-7-13(4)11(16)10(8-15)14(9)6-5-12(2)3/h9-10,15H,5-8H2,1-4H3. The van der Waals surface area contributed by atoms with Gasteiger partial charge in [-0.3, -0.25) is 9.69 Å². The van der Waals surface area contributed by atoms with E-state index in [1.165, 1.54) is 0 Å². The number of amides is 1. The summed E-state index contributed by atoms with van der Waals surface area (Å²) in [6.07, 6.45) is 0. The number of hydrogen-bond acceptors (Lipinski definition) is 4. The molecule has 0 saturated carbocycles. The van der Waals surface area contributed by atoms with E-state index in [1.54, 1.807) is 11.9 Å². The first-order valence-corrected chi connectivity index (χ1v) is 5.73. The maximum Gasteiger partial charge on any atom is 0.242 e. The summed E-state index contributed by atoms with van der Waals surface area (Å²) in [6, 6.07) is -0.0616. The Hall–Kier alpha value is -0.650. The van der Waals surface area contributed by atoms with Crippen LogP contribution in [0.4, 0.5) is 0 Å². The highest BCUT2D eigenvalue weighted by molar-refractivity contribution is 5.82. The topological polar surface area (TPSA) is 47.0 Å². The largest absolute Gasteiger partial charge is 0.394 e. The van der Waals surface area contributed by atoms with Crippen molar-refractivity contribution in [3.63, 3.8) is 0 Å². The predicted octanol–water partition coefficient (Wildman–Crippen LogP) is -0.929. The third-order valence-electron chi connectivity index (χ3n) is 3.14. The van der Waals surface area contributed by atoms with Crippen LogP contribution in [0.2, 0.25) is 0 Å². The van der Waals surface area contributed by atoms with E-state index in [1.807, 2.05) is 14.1 Å². The third kappa shape index (κ3) is 2.93. The zero-order chi connectivity index (χ0) is 12.3. The molecule has 0 aromatic heterocycles. The molecule has 5 heteroatoms. The average molecular weight is 229 g/mol. The van der Waals surface area contributed by atoms with Crippen LogP contribution >= 0.6 is 0 Å². The van der Waals surface area contributed by atoms with Crippen LogP contribution in [0.5, 0.6) is 0 Å². The summed E-state index contributed by atoms with van der Waals surface area (Å²) in [6.45, 7) is 4.46. The zero-order valence-corrected chi connectivity index (χ0v) is 10.7. The molecule has 1 saturated heterocycles. The first kappa shape index (κ1) is 13.4. The van der Waals surface area contributed by atoms with Gasteiger partial charge >= 0.3 is 0 Å². The fraction of sp³-hybridized carbons (Fsp3) is 0.909. The second kappa shape index (κ2) is 5.61. The fourth-order valence-corrected chi connectivity index (χ4v) is 2.17. The van der Waals surface area contributed by atoms with Crippen LogP contribution in [0.15, 0.2) is 0 Å². The van der Waals surface area contributed by atoms with E-state index in [2.05, 4.69) is 16.7 Å². The minimum absolute atomic E-state index is 0.0272. The summed E-state index contributed by atoms with van der Waals surface area (Å²) in [4.78, 5) is 17.8. The first-order chi connectivity index (χ1) is 7.47. The van der Waals surface area contributed by atoms with Gasteiger partial charge in [0.15, 0.2) is 0 Å². The Kier molecular flexibility index (Phi) is 4.70. The number of rotatable bonds is 4. The van der Waals surface area contributed by atoms with Crippen molar-refractivity contribution >= 4 is 5.91 Å². The molecule has 1 aliphatic heterocycles. The molecule has 0 aliphatic carbocycles. The minimum Gasteiger partial charge on any atom is -0.394 e. The maximum absolute atomic E-state index is 11.9. The highest BCUT2D eigenvalue weighted by Gasteiger charge is 2.36. The molecule has 1 amide bonds. The molecular weight excluding hydrogens is 206 g/mol. The molecule has 2 atom stereocenters. The molecule has 94 valence electrons. The van der Waals surface area contributed by atoms with Gasteiger partial charge in [0.05, 0.1) is 6.61 Å². The van der Waals surface area contributed by atoms with Gasteiger partial charge in [-0.05, 0) is 21.0 Å². The van der Waals surface area contributed by atoms with Gasteiger partial charge in [-0.2, -0.15) is 0 Å². The van der Waals surface area contributed by atoms with Crippen molar-refractivity contribution < 1.29 is 9.90 Å². The van der Waals surface area contributed by atoms with Crippen molar-refractivity contribution in [2.24, 2.45) is 0 Å². The summed E-state index contributed by atoms with van der Waals surface area (Å²) in [5.41, 5.74) is 0. The minimum atomic E-state index is -0.367. The van der Waals surface area contributed by atoms with Gasteiger partial charge in [0, 0.05) is 32.7 Å². The molecule has 1 N–H and O–H groups in total. The van der Waals surface area contributed by atoms with Crippen LogP contribution in [-0.2, 0) is 4.79 Å². The highest BCUT2D eigenvalue weighted by Crippen LogP contribution is 2.15. The lowest BCUT2D eigenvalue weighted by Crippen LogP contribution is -2.62. The fourth-order valence-electron chi connectivity index (χ4n) is 2.17. The molecule has 0 spiro atoms. The van der Waals surface area contributed by atoms with E-state index in [-0.39, 0.29) is 18.6 Å². The molecule has 1 heterocycles. The Morgan fingerprint density at radius 3 is 2.62 bits per heavy atom. The van der Waals surface area contributed by atoms with Crippen LogP contribution < -0.4 is 0 Å². The van der Waals surface area contributed by atoms with Crippen molar-refractivity contribution in [1.82, 2.24) is 14.7 Å². The zero-order valence-electron chi connectivity index (χ0n) is 10.7. The van der Waals surface area contributed by atoms with Gasteiger partial charge in [-0.25, -0.2) is 0 Å². The van der Waals surface area contributed by atoms with E-state index < -0.39 is 0 Å². The van der Waals surface area contributed by atoms with Crippen molar-refractivity contribution in [2.75, 3.05) is 47.4 Å². The first-order valence-electron chi connectivity index (χ1n) is 5.73. The maximum atomic E-state index is 11.9. The summed E-state index contributed by atoms with van der Waals surface area (Å²) >= 11 is 0. The van der Waals surface area contributed by atoms with Gasteiger partial charge in [0.2, 0.25) is 5.91 Å². The number of carbonyl (C=O) groups excluding carboxylic acids is 1. The molecule has 5 nitrogen and oxygen atoms in total. The molecule has 0 aromatic rings. The summed E-state index contributed by atoms with van der Waals surface area (Å²) in [5, 5.41) is 9.33. The van der Waals surface area contributed by atoms with Crippen LogP contribution in [-0.4, -0.2) is 85.2 Å². The molecule has 0 aromatic carbocycles. The van der Waals surface area contributed by atoms with E-state index in [9.17, 15) is 9.90 Å². The molecule has 0 radical (unpaired) electrons. The molecule has 1 rings (SSSR count). The number of carbonyl (C=O) groups is 1. The van der Waals surface area contributed by atoms with Crippen molar-refractivity contribution in [3.05, 3.63) is 0 Å². The Balaban J connectivity index is 2.67. The smallest absolute Gasteiger partial charge is 0.242 e. The van der Waals surface area contributed by atoms with Gasteiger partial charge in [0.1, 0.15) is 6.04 Å². The van der Waals surface area contributed by atoms with E-state index in [4.69, 9.17) is 0 Å². The lowest BCUT2D eigenvalue weighted by molar-refractivity contribution is -0.145. The summed E-state index contributed by atoms with van der Waals surface area (Å²) in [7, 11) is 5.82. The van der Waals surface area contributed by atoms with Crippen molar-refractivity contribution in [1.29, 1.82) is 0 Å². The third-order valence-corrected chi connectivity index (χ3v) is 3.14. The number of likely N-dealkylation sites (N-methyl/N-ethyl adjacent to an activating group) is 2. The van der Waals surface area contributed by atoms with Crippen LogP contribution in [0, 0.1) is 0 Å². The normalized spacial score (nSPS) is 27.9. The molecule has 1 aliphatic rings. The van der Waals surface area contributed by atoms with Crippen LogP contribution in [0.3, 0.4) is 0 Å². The van der Waals surface area contributed by atoms with E-state index in [0.717, 1.165) is 19.6 Å². The molecule has 2 unspecified atom stereocenters. The van der Waals surface area contributed by atoms with E-state index >= 15 is 0 Å². The highest BCUT2D eigenvalue weighted by atomic mass is 16.3. The molecule has 1 fully saturated rings. The van der Waals surface area contributed by atoms with Gasteiger partial charge in [-0.1, -0.05) is 0 Å². The van der Waals surface area contributed by atoms with Crippen molar-refractivity contribution in [3.8, 4) is 0 Å². The molecule has 0 bridgehead atoms. The quantitative estimate of drug-likeness (QED) is 0.677. The Labute approximate surface area is 97.6 Å². The number of piperazine rings is 1. The second-order valence-electron chi connectivity index (χ2n) is 4.81. The van der Waals surface area contributed by atoms with Crippen LogP contribution in [0.25, 0.3) is 0 Å². The van der Waals surface area contributed by atoms with Gasteiger partial charge in [-0.15, -0.1) is 0 Å². The predicted molar refractivity (Wildman–Crippen MR) is 63.2 cm³/mol. The Morgan fingerprint density at radius 2 is 2.12 bits per heavy atom. The molecular formula is C11H23N3O2. The summed E-state index contributed by atoms with van der Waals surface area (Å²) in [5.74, 6) is 0.0272. The lowest BCUT2D eigenvalue weighted by Gasteiger charge is -2.43. The number of hydrogen-bond donors (Lipinski definition) is 1. The Morgan fingerprint density at radius 1 is 1.50 bits per heavy atom.